The predicted molar refractivity (Wildman–Crippen MR) is 65.4 cm³/mol. The number of amides is 1. The van der Waals surface area contributed by atoms with Crippen molar-refractivity contribution < 1.29 is 4.79 Å². The predicted octanol–water partition coefficient (Wildman–Crippen LogP) is 1.55. The summed E-state index contributed by atoms with van der Waals surface area (Å²) in [5.41, 5.74) is 5.54. The third-order valence-electron chi connectivity index (χ3n) is 3.85. The van der Waals surface area contributed by atoms with Gasteiger partial charge in [-0.3, -0.25) is 4.79 Å². The van der Waals surface area contributed by atoms with Crippen LogP contribution in [0.25, 0.3) is 0 Å². The Bertz CT molecular complexity index is 269. The van der Waals surface area contributed by atoms with Gasteiger partial charge in [0.2, 0.25) is 5.91 Å². The zero-order valence-electron chi connectivity index (χ0n) is 9.65. The summed E-state index contributed by atoms with van der Waals surface area (Å²) in [5, 5.41) is 0. The fourth-order valence-electron chi connectivity index (χ4n) is 2.13. The van der Waals surface area contributed by atoms with Crippen molar-refractivity contribution in [2.45, 2.75) is 44.1 Å². The molecule has 0 aliphatic heterocycles. The maximum Gasteiger partial charge on any atom is 0.242 e. The van der Waals surface area contributed by atoms with Crippen LogP contribution in [-0.2, 0) is 4.79 Å². The number of hydrogen-bond acceptors (Lipinski definition) is 2. The van der Waals surface area contributed by atoms with Crippen LogP contribution in [0, 0.1) is 11.8 Å². The molecule has 4 heteroatoms. The van der Waals surface area contributed by atoms with Crippen molar-refractivity contribution in [2.75, 3.05) is 13.1 Å². The van der Waals surface area contributed by atoms with Crippen LogP contribution in [0.5, 0.6) is 0 Å². The minimum Gasteiger partial charge on any atom is -0.341 e. The molecule has 16 heavy (non-hydrogen) atoms. The normalized spacial score (nSPS) is 25.8. The van der Waals surface area contributed by atoms with E-state index in [1.165, 1.54) is 25.7 Å². The van der Waals surface area contributed by atoms with Gasteiger partial charge in [-0.2, -0.15) is 0 Å². The Kier molecular flexibility index (Phi) is 3.19. The summed E-state index contributed by atoms with van der Waals surface area (Å²) in [6.45, 7) is 1.96. The van der Waals surface area contributed by atoms with Gasteiger partial charge in [0.15, 0.2) is 0 Å². The number of nitrogens with zero attached hydrogens (tertiary/aromatic N) is 1. The zero-order valence-corrected chi connectivity index (χ0v) is 10.5. The lowest BCUT2D eigenvalue weighted by Crippen LogP contribution is -2.47. The molecule has 0 saturated heterocycles. The molecule has 0 aromatic carbocycles. The molecule has 3 fully saturated rings. The quantitative estimate of drug-likeness (QED) is 0.798. The molecule has 3 aliphatic rings. The first-order valence-electron chi connectivity index (χ1n) is 6.26. The van der Waals surface area contributed by atoms with Crippen molar-refractivity contribution >= 4 is 18.3 Å². The van der Waals surface area contributed by atoms with Gasteiger partial charge in [0.1, 0.15) is 0 Å². The van der Waals surface area contributed by atoms with Gasteiger partial charge in [-0.05, 0) is 50.4 Å². The summed E-state index contributed by atoms with van der Waals surface area (Å²) in [6, 6.07) is 0. The average molecular weight is 245 g/mol. The number of nitrogens with two attached hydrogens (primary N) is 1. The molecule has 2 N–H and O–H groups in total. The second-order valence-electron chi connectivity index (χ2n) is 5.75. The molecule has 0 radical (unpaired) electrons. The van der Waals surface area contributed by atoms with Gasteiger partial charge in [-0.25, -0.2) is 0 Å². The molecule has 0 atom stereocenters. The first kappa shape index (κ1) is 12.2. The molecule has 3 rings (SSSR count). The molecule has 0 heterocycles. The van der Waals surface area contributed by atoms with Crippen molar-refractivity contribution in [1.29, 1.82) is 0 Å². The van der Waals surface area contributed by atoms with Crippen LogP contribution >= 0.6 is 12.4 Å². The summed E-state index contributed by atoms with van der Waals surface area (Å²) in [7, 11) is 0. The molecule has 0 bridgehead atoms. The highest BCUT2D eigenvalue weighted by atomic mass is 35.5. The van der Waals surface area contributed by atoms with Gasteiger partial charge in [-0.15, -0.1) is 12.4 Å². The second kappa shape index (κ2) is 4.19. The highest BCUT2D eigenvalue weighted by Crippen LogP contribution is 2.38. The highest BCUT2D eigenvalue weighted by molar-refractivity contribution is 5.89. The monoisotopic (exact) mass is 244 g/mol. The SMILES string of the molecule is Cl.NC1(C(=O)N(CC2CC2)CC2CC2)CC1. The van der Waals surface area contributed by atoms with Crippen LogP contribution in [0.1, 0.15) is 38.5 Å². The van der Waals surface area contributed by atoms with Crippen LogP contribution in [0.15, 0.2) is 0 Å². The van der Waals surface area contributed by atoms with E-state index in [-0.39, 0.29) is 18.3 Å². The highest BCUT2D eigenvalue weighted by Gasteiger charge is 2.49. The van der Waals surface area contributed by atoms with Crippen molar-refractivity contribution in [3.05, 3.63) is 0 Å². The van der Waals surface area contributed by atoms with Gasteiger partial charge < -0.3 is 10.6 Å². The van der Waals surface area contributed by atoms with E-state index in [1.54, 1.807) is 0 Å². The van der Waals surface area contributed by atoms with Crippen LogP contribution in [0.2, 0.25) is 0 Å². The molecule has 0 aromatic heterocycles. The Balaban J connectivity index is 0.000000963. The van der Waals surface area contributed by atoms with E-state index in [0.29, 0.717) is 0 Å². The minimum absolute atomic E-state index is 0. The molecule has 0 spiro atoms. The largest absolute Gasteiger partial charge is 0.341 e. The smallest absolute Gasteiger partial charge is 0.242 e. The number of carbonyl (C=O) groups is 1. The lowest BCUT2D eigenvalue weighted by molar-refractivity contribution is -0.134. The van der Waals surface area contributed by atoms with Crippen molar-refractivity contribution in [2.24, 2.45) is 17.6 Å². The summed E-state index contributed by atoms with van der Waals surface area (Å²) < 4.78 is 0. The molecule has 0 unspecified atom stereocenters. The first-order chi connectivity index (χ1) is 7.17. The third kappa shape index (κ3) is 2.69. The molecule has 92 valence electrons. The summed E-state index contributed by atoms with van der Waals surface area (Å²) in [5.74, 6) is 1.81. The Morgan fingerprint density at radius 3 is 1.88 bits per heavy atom. The maximum absolute atomic E-state index is 12.2. The number of carbonyl (C=O) groups excluding carboxylic acids is 1. The number of halogens is 1. The van der Waals surface area contributed by atoms with Gasteiger partial charge in [0.25, 0.3) is 0 Å². The summed E-state index contributed by atoms with van der Waals surface area (Å²) in [6.07, 6.45) is 7.05. The Labute approximate surface area is 103 Å². The minimum atomic E-state index is -0.455. The topological polar surface area (TPSA) is 46.3 Å². The van der Waals surface area contributed by atoms with Crippen molar-refractivity contribution in [3.63, 3.8) is 0 Å². The van der Waals surface area contributed by atoms with E-state index in [9.17, 15) is 4.79 Å². The Hall–Kier alpha value is -0.280. The van der Waals surface area contributed by atoms with Crippen molar-refractivity contribution in [3.8, 4) is 0 Å². The zero-order chi connectivity index (χ0) is 10.5. The Morgan fingerprint density at radius 1 is 1.12 bits per heavy atom. The standard InChI is InChI=1S/C12H20N2O.ClH/c13-12(5-6-12)11(15)14(7-9-1-2-9)8-10-3-4-10;/h9-10H,1-8,13H2;1H. The summed E-state index contributed by atoms with van der Waals surface area (Å²) in [4.78, 5) is 14.2. The van der Waals surface area contributed by atoms with Crippen LogP contribution in [0.3, 0.4) is 0 Å². The molecule has 1 amide bonds. The number of rotatable bonds is 5. The van der Waals surface area contributed by atoms with E-state index in [1.807, 2.05) is 0 Å². The van der Waals surface area contributed by atoms with Gasteiger partial charge in [-0.1, -0.05) is 0 Å². The average Bonchev–Trinajstić information content (AvgIpc) is 3.02. The fraction of sp³-hybridized carbons (Fsp3) is 0.917. The maximum atomic E-state index is 12.2. The fourth-order valence-corrected chi connectivity index (χ4v) is 2.13. The van der Waals surface area contributed by atoms with E-state index >= 15 is 0 Å². The van der Waals surface area contributed by atoms with Gasteiger partial charge in [0.05, 0.1) is 5.54 Å². The summed E-state index contributed by atoms with van der Waals surface area (Å²) >= 11 is 0. The molecule has 0 aromatic rings. The van der Waals surface area contributed by atoms with Crippen LogP contribution < -0.4 is 5.73 Å². The third-order valence-corrected chi connectivity index (χ3v) is 3.85. The molecular formula is C12H21ClN2O. The Morgan fingerprint density at radius 2 is 1.56 bits per heavy atom. The van der Waals surface area contributed by atoms with Crippen molar-refractivity contribution in [1.82, 2.24) is 4.90 Å². The van der Waals surface area contributed by atoms with E-state index in [0.717, 1.165) is 37.8 Å². The van der Waals surface area contributed by atoms with E-state index in [4.69, 9.17) is 5.73 Å². The van der Waals surface area contributed by atoms with Gasteiger partial charge >= 0.3 is 0 Å². The van der Waals surface area contributed by atoms with Crippen LogP contribution in [0.4, 0.5) is 0 Å². The van der Waals surface area contributed by atoms with E-state index in [2.05, 4.69) is 4.90 Å². The molecular weight excluding hydrogens is 224 g/mol. The lowest BCUT2D eigenvalue weighted by Gasteiger charge is -2.25. The second-order valence-corrected chi connectivity index (χ2v) is 5.75. The lowest BCUT2D eigenvalue weighted by atomic mass is 10.2. The number of hydrogen-bond donors (Lipinski definition) is 1. The van der Waals surface area contributed by atoms with Gasteiger partial charge in [0, 0.05) is 13.1 Å². The first-order valence-corrected chi connectivity index (χ1v) is 6.26. The molecule has 3 aliphatic carbocycles. The van der Waals surface area contributed by atoms with E-state index < -0.39 is 5.54 Å². The molecule has 3 nitrogen and oxygen atoms in total. The van der Waals surface area contributed by atoms with Crippen LogP contribution in [-0.4, -0.2) is 29.4 Å². The molecule has 3 saturated carbocycles.